The van der Waals surface area contributed by atoms with Crippen LogP contribution in [0, 0.1) is 0 Å². The first-order chi connectivity index (χ1) is 9.97. The number of nitrogens with one attached hydrogen (secondary N) is 1. The van der Waals surface area contributed by atoms with Crippen molar-refractivity contribution in [3.05, 3.63) is 47.0 Å². The SMILES string of the molecule is C=C(C)CN(CC)C(=O)CNC(CC)c1ccc(Cl)cc1. The van der Waals surface area contributed by atoms with Crippen molar-refractivity contribution in [3.8, 4) is 0 Å². The standard InChI is InChI=1S/C17H25ClN2O/c1-5-16(14-7-9-15(18)10-8-14)19-11-17(21)20(6-2)12-13(3)4/h7-10,16,19H,3,5-6,11-12H2,1-2,4H3. The Bertz CT molecular complexity index is 470. The fraction of sp³-hybridized carbons (Fsp3) is 0.471. The molecule has 0 aliphatic rings. The van der Waals surface area contributed by atoms with Gasteiger partial charge in [0.15, 0.2) is 0 Å². The Balaban J connectivity index is 2.60. The van der Waals surface area contributed by atoms with Gasteiger partial charge < -0.3 is 10.2 Å². The molecule has 0 aliphatic heterocycles. The third-order valence-corrected chi connectivity index (χ3v) is 3.63. The van der Waals surface area contributed by atoms with Crippen molar-refractivity contribution in [2.75, 3.05) is 19.6 Å². The normalized spacial score (nSPS) is 12.0. The summed E-state index contributed by atoms with van der Waals surface area (Å²) in [6.07, 6.45) is 0.918. The molecule has 1 atom stereocenters. The number of carbonyl (C=O) groups is 1. The average Bonchev–Trinajstić information content (AvgIpc) is 2.46. The molecule has 1 amide bonds. The monoisotopic (exact) mass is 308 g/mol. The molecule has 0 saturated carbocycles. The van der Waals surface area contributed by atoms with Gasteiger partial charge in [-0.05, 0) is 38.0 Å². The summed E-state index contributed by atoms with van der Waals surface area (Å²) in [5.74, 6) is 0.105. The van der Waals surface area contributed by atoms with Gasteiger partial charge in [0, 0.05) is 24.2 Å². The second kappa shape index (κ2) is 8.85. The minimum absolute atomic E-state index is 0.105. The molecule has 0 bridgehead atoms. The molecule has 0 spiro atoms. The molecule has 0 aromatic heterocycles. The second-order valence-electron chi connectivity index (χ2n) is 5.26. The van der Waals surface area contributed by atoms with Gasteiger partial charge in [0.05, 0.1) is 6.54 Å². The average molecular weight is 309 g/mol. The largest absolute Gasteiger partial charge is 0.338 e. The molecule has 1 rings (SSSR count). The quantitative estimate of drug-likeness (QED) is 0.741. The Morgan fingerprint density at radius 3 is 2.43 bits per heavy atom. The van der Waals surface area contributed by atoms with Crippen LogP contribution in [0.5, 0.6) is 0 Å². The van der Waals surface area contributed by atoms with Gasteiger partial charge in [0.25, 0.3) is 0 Å². The van der Waals surface area contributed by atoms with Crippen molar-refractivity contribution in [2.24, 2.45) is 0 Å². The number of amides is 1. The van der Waals surface area contributed by atoms with E-state index in [-0.39, 0.29) is 11.9 Å². The van der Waals surface area contributed by atoms with Gasteiger partial charge in [0.2, 0.25) is 5.91 Å². The molecule has 1 unspecified atom stereocenters. The van der Waals surface area contributed by atoms with Gasteiger partial charge in [-0.2, -0.15) is 0 Å². The van der Waals surface area contributed by atoms with Crippen molar-refractivity contribution < 1.29 is 4.79 Å². The summed E-state index contributed by atoms with van der Waals surface area (Å²) < 4.78 is 0. The Kier molecular flexibility index (Phi) is 7.48. The second-order valence-corrected chi connectivity index (χ2v) is 5.69. The number of hydrogen-bond donors (Lipinski definition) is 1. The van der Waals surface area contributed by atoms with Crippen LogP contribution in [0.4, 0.5) is 0 Å². The third kappa shape index (κ3) is 5.90. The smallest absolute Gasteiger partial charge is 0.236 e. The molecular formula is C17H25ClN2O. The molecule has 4 heteroatoms. The topological polar surface area (TPSA) is 32.3 Å². The molecular weight excluding hydrogens is 284 g/mol. The van der Waals surface area contributed by atoms with Crippen molar-refractivity contribution in [1.29, 1.82) is 0 Å². The van der Waals surface area contributed by atoms with E-state index < -0.39 is 0 Å². The molecule has 0 radical (unpaired) electrons. The van der Waals surface area contributed by atoms with E-state index in [1.807, 2.05) is 43.0 Å². The van der Waals surface area contributed by atoms with Gasteiger partial charge in [-0.3, -0.25) is 4.79 Å². The van der Waals surface area contributed by atoms with E-state index in [2.05, 4.69) is 18.8 Å². The highest BCUT2D eigenvalue weighted by atomic mass is 35.5. The summed E-state index contributed by atoms with van der Waals surface area (Å²) in [4.78, 5) is 14.0. The van der Waals surface area contributed by atoms with E-state index in [1.165, 1.54) is 0 Å². The van der Waals surface area contributed by atoms with Crippen LogP contribution in [0.3, 0.4) is 0 Å². The molecule has 1 aromatic rings. The summed E-state index contributed by atoms with van der Waals surface area (Å²) >= 11 is 5.91. The Hall–Kier alpha value is -1.32. The van der Waals surface area contributed by atoms with E-state index in [0.717, 1.165) is 22.6 Å². The third-order valence-electron chi connectivity index (χ3n) is 3.38. The Morgan fingerprint density at radius 1 is 1.33 bits per heavy atom. The van der Waals surface area contributed by atoms with E-state index in [0.29, 0.717) is 19.6 Å². The van der Waals surface area contributed by atoms with Crippen LogP contribution in [-0.2, 0) is 4.79 Å². The maximum absolute atomic E-state index is 12.2. The highest BCUT2D eigenvalue weighted by Gasteiger charge is 2.14. The number of halogens is 1. The number of hydrogen-bond acceptors (Lipinski definition) is 2. The van der Waals surface area contributed by atoms with Crippen molar-refractivity contribution >= 4 is 17.5 Å². The molecule has 1 N–H and O–H groups in total. The van der Waals surface area contributed by atoms with Crippen LogP contribution >= 0.6 is 11.6 Å². The number of carbonyl (C=O) groups excluding carboxylic acids is 1. The predicted molar refractivity (Wildman–Crippen MR) is 89.6 cm³/mol. The van der Waals surface area contributed by atoms with Crippen LogP contribution in [0.15, 0.2) is 36.4 Å². The summed E-state index contributed by atoms with van der Waals surface area (Å²) in [5, 5.41) is 4.05. The fourth-order valence-corrected chi connectivity index (χ4v) is 2.34. The lowest BCUT2D eigenvalue weighted by Gasteiger charge is -2.23. The Morgan fingerprint density at radius 2 is 1.95 bits per heavy atom. The van der Waals surface area contributed by atoms with Gasteiger partial charge in [-0.15, -0.1) is 0 Å². The molecule has 0 heterocycles. The highest BCUT2D eigenvalue weighted by Crippen LogP contribution is 2.18. The molecule has 1 aromatic carbocycles. The number of likely N-dealkylation sites (N-methyl/N-ethyl adjacent to an activating group) is 1. The zero-order valence-electron chi connectivity index (χ0n) is 13.2. The molecule has 3 nitrogen and oxygen atoms in total. The highest BCUT2D eigenvalue weighted by molar-refractivity contribution is 6.30. The maximum Gasteiger partial charge on any atom is 0.236 e. The zero-order valence-corrected chi connectivity index (χ0v) is 13.9. The minimum atomic E-state index is 0.105. The van der Waals surface area contributed by atoms with Gasteiger partial charge >= 0.3 is 0 Å². The maximum atomic E-state index is 12.2. The summed E-state index contributed by atoms with van der Waals surface area (Å²) in [5.41, 5.74) is 2.15. The van der Waals surface area contributed by atoms with Crippen LogP contribution in [0.1, 0.15) is 38.8 Å². The zero-order chi connectivity index (χ0) is 15.8. The van der Waals surface area contributed by atoms with Crippen LogP contribution in [0.25, 0.3) is 0 Å². The van der Waals surface area contributed by atoms with Crippen LogP contribution in [-0.4, -0.2) is 30.4 Å². The van der Waals surface area contributed by atoms with E-state index >= 15 is 0 Å². The lowest BCUT2D eigenvalue weighted by molar-refractivity contribution is -0.129. The first-order valence-corrected chi connectivity index (χ1v) is 7.76. The van der Waals surface area contributed by atoms with Gasteiger partial charge in [-0.25, -0.2) is 0 Å². The minimum Gasteiger partial charge on any atom is -0.338 e. The Labute approximate surface area is 133 Å². The van der Waals surface area contributed by atoms with Crippen molar-refractivity contribution in [2.45, 2.75) is 33.2 Å². The van der Waals surface area contributed by atoms with E-state index in [9.17, 15) is 4.79 Å². The van der Waals surface area contributed by atoms with Gasteiger partial charge in [-0.1, -0.05) is 42.8 Å². The summed E-state index contributed by atoms with van der Waals surface area (Å²) in [6.45, 7) is 11.5. The molecule has 116 valence electrons. The molecule has 0 saturated heterocycles. The lowest BCUT2D eigenvalue weighted by Crippen LogP contribution is -2.39. The lowest BCUT2D eigenvalue weighted by atomic mass is 10.0. The van der Waals surface area contributed by atoms with Crippen molar-refractivity contribution in [3.63, 3.8) is 0 Å². The van der Waals surface area contributed by atoms with E-state index in [4.69, 9.17) is 11.6 Å². The molecule has 0 aliphatic carbocycles. The van der Waals surface area contributed by atoms with Crippen LogP contribution in [0.2, 0.25) is 5.02 Å². The fourth-order valence-electron chi connectivity index (χ4n) is 2.22. The molecule has 0 fully saturated rings. The number of benzene rings is 1. The first kappa shape index (κ1) is 17.7. The molecule has 21 heavy (non-hydrogen) atoms. The summed E-state index contributed by atoms with van der Waals surface area (Å²) in [7, 11) is 0. The van der Waals surface area contributed by atoms with E-state index in [1.54, 1.807) is 0 Å². The first-order valence-electron chi connectivity index (χ1n) is 7.38. The van der Waals surface area contributed by atoms with Crippen molar-refractivity contribution in [1.82, 2.24) is 10.2 Å². The summed E-state index contributed by atoms with van der Waals surface area (Å²) in [6, 6.07) is 7.92. The number of rotatable bonds is 8. The predicted octanol–water partition coefficient (Wildman–Crippen LogP) is 3.81. The number of nitrogens with zero attached hydrogens (tertiary/aromatic N) is 1. The van der Waals surface area contributed by atoms with Crippen LogP contribution < -0.4 is 5.32 Å². The van der Waals surface area contributed by atoms with Gasteiger partial charge in [0.1, 0.15) is 0 Å².